The number of amides is 1. The Hall–Kier alpha value is -1.11. The van der Waals surface area contributed by atoms with Gasteiger partial charge in [-0.1, -0.05) is 20.8 Å². The van der Waals surface area contributed by atoms with Crippen LogP contribution >= 0.6 is 12.4 Å². The zero-order valence-electron chi connectivity index (χ0n) is 14.3. The second-order valence-corrected chi connectivity index (χ2v) is 6.92. The smallest absolute Gasteiger partial charge is 0.274 e. The van der Waals surface area contributed by atoms with E-state index >= 15 is 0 Å². The Morgan fingerprint density at radius 1 is 1.43 bits per heavy atom. The van der Waals surface area contributed by atoms with Crippen LogP contribution in [0.15, 0.2) is 6.07 Å². The number of H-pyrrole nitrogens is 1. The average Bonchev–Trinajstić information content (AvgIpc) is 2.97. The lowest BCUT2D eigenvalue weighted by atomic mass is 9.92. The van der Waals surface area contributed by atoms with Gasteiger partial charge < -0.3 is 15.4 Å². The zero-order valence-corrected chi connectivity index (χ0v) is 15.1. The Labute approximate surface area is 144 Å². The van der Waals surface area contributed by atoms with E-state index in [4.69, 9.17) is 10.5 Å². The molecule has 1 saturated heterocycles. The van der Waals surface area contributed by atoms with Crippen molar-refractivity contribution >= 4 is 18.3 Å². The summed E-state index contributed by atoms with van der Waals surface area (Å²) in [6, 6.07) is 1.87. The summed E-state index contributed by atoms with van der Waals surface area (Å²) in [6.07, 6.45) is 2.90. The Morgan fingerprint density at radius 2 is 2.09 bits per heavy atom. The maximum atomic E-state index is 12.5. The highest BCUT2D eigenvalue weighted by Crippen LogP contribution is 2.22. The third-order valence-electron chi connectivity index (χ3n) is 4.04. The van der Waals surface area contributed by atoms with Crippen LogP contribution in [0.3, 0.4) is 0 Å². The first-order valence-corrected chi connectivity index (χ1v) is 8.08. The van der Waals surface area contributed by atoms with Gasteiger partial charge in [0.05, 0.1) is 6.10 Å². The van der Waals surface area contributed by atoms with Gasteiger partial charge in [-0.2, -0.15) is 5.10 Å². The van der Waals surface area contributed by atoms with Gasteiger partial charge in [0.2, 0.25) is 0 Å². The number of halogens is 1. The topological polar surface area (TPSA) is 84.2 Å². The van der Waals surface area contributed by atoms with Gasteiger partial charge in [-0.3, -0.25) is 9.89 Å². The lowest BCUT2D eigenvalue weighted by Gasteiger charge is -2.31. The number of nitrogens with zero attached hydrogens (tertiary/aromatic N) is 2. The van der Waals surface area contributed by atoms with E-state index in [-0.39, 0.29) is 29.8 Å². The number of likely N-dealkylation sites (tertiary alicyclic amines) is 1. The summed E-state index contributed by atoms with van der Waals surface area (Å²) in [5, 5.41) is 7.15. The fourth-order valence-electron chi connectivity index (χ4n) is 2.54. The summed E-state index contributed by atoms with van der Waals surface area (Å²) in [4.78, 5) is 14.4. The van der Waals surface area contributed by atoms with Crippen molar-refractivity contribution in [1.29, 1.82) is 0 Å². The van der Waals surface area contributed by atoms with E-state index in [1.165, 1.54) is 0 Å². The van der Waals surface area contributed by atoms with E-state index in [1.54, 1.807) is 0 Å². The molecule has 2 rings (SSSR count). The number of hydrogen-bond acceptors (Lipinski definition) is 4. The molecule has 23 heavy (non-hydrogen) atoms. The number of aromatic amines is 1. The molecule has 7 heteroatoms. The van der Waals surface area contributed by atoms with Crippen molar-refractivity contribution in [2.45, 2.75) is 51.6 Å². The fourth-order valence-corrected chi connectivity index (χ4v) is 2.54. The van der Waals surface area contributed by atoms with E-state index in [2.05, 4.69) is 31.0 Å². The number of rotatable bonds is 5. The van der Waals surface area contributed by atoms with Gasteiger partial charge in [0.15, 0.2) is 0 Å². The molecule has 132 valence electrons. The zero-order chi connectivity index (χ0) is 16.2. The van der Waals surface area contributed by atoms with Crippen LogP contribution in [0.5, 0.6) is 0 Å². The number of ether oxygens (including phenoxy) is 1. The summed E-state index contributed by atoms with van der Waals surface area (Å²) in [7, 11) is 0. The van der Waals surface area contributed by atoms with Crippen molar-refractivity contribution in [1.82, 2.24) is 15.1 Å². The monoisotopic (exact) mass is 344 g/mol. The second kappa shape index (κ2) is 8.66. The maximum absolute atomic E-state index is 12.5. The highest BCUT2D eigenvalue weighted by molar-refractivity contribution is 5.92. The van der Waals surface area contributed by atoms with Gasteiger partial charge in [-0.15, -0.1) is 12.4 Å². The number of piperidine rings is 1. The Kier molecular flexibility index (Phi) is 7.51. The summed E-state index contributed by atoms with van der Waals surface area (Å²) in [6.45, 7) is 9.11. The molecule has 0 saturated carbocycles. The first-order valence-electron chi connectivity index (χ1n) is 8.08. The molecule has 1 aliphatic heterocycles. The maximum Gasteiger partial charge on any atom is 0.274 e. The number of aromatic nitrogens is 2. The molecular formula is C16H29ClN4O2. The van der Waals surface area contributed by atoms with Crippen LogP contribution < -0.4 is 5.73 Å². The van der Waals surface area contributed by atoms with Gasteiger partial charge in [0.1, 0.15) is 5.69 Å². The molecule has 0 bridgehead atoms. The number of hydrogen-bond donors (Lipinski definition) is 2. The number of nitrogens with two attached hydrogens (primary N) is 1. The summed E-state index contributed by atoms with van der Waals surface area (Å²) < 4.78 is 5.77. The summed E-state index contributed by atoms with van der Waals surface area (Å²) in [5.41, 5.74) is 6.92. The molecule has 1 aromatic rings. The SMILES string of the molecule is CC(C)(C)c1cc(C(=O)N2CCC(OCCCN)CC2)n[nH]1.Cl. The lowest BCUT2D eigenvalue weighted by Crippen LogP contribution is -2.41. The standard InChI is InChI=1S/C16H28N4O2.ClH/c1-16(2,3)14-11-13(18-19-14)15(21)20-8-5-12(6-9-20)22-10-4-7-17;/h11-12H,4-10,17H2,1-3H3,(H,18,19);1H. The van der Waals surface area contributed by atoms with Crippen molar-refractivity contribution in [3.8, 4) is 0 Å². The third kappa shape index (κ3) is 5.48. The van der Waals surface area contributed by atoms with Crippen molar-refractivity contribution < 1.29 is 9.53 Å². The van der Waals surface area contributed by atoms with Crippen molar-refractivity contribution in [2.24, 2.45) is 5.73 Å². The molecule has 1 amide bonds. The molecule has 0 aliphatic carbocycles. The van der Waals surface area contributed by atoms with E-state index in [9.17, 15) is 4.79 Å². The van der Waals surface area contributed by atoms with Crippen LogP contribution in [-0.4, -0.2) is 53.3 Å². The quantitative estimate of drug-likeness (QED) is 0.801. The van der Waals surface area contributed by atoms with Crippen LogP contribution in [0.25, 0.3) is 0 Å². The molecule has 6 nitrogen and oxygen atoms in total. The molecule has 0 unspecified atom stereocenters. The molecule has 1 aliphatic rings. The summed E-state index contributed by atoms with van der Waals surface area (Å²) >= 11 is 0. The predicted octanol–water partition coefficient (Wildman–Crippen LogP) is 2.10. The second-order valence-electron chi connectivity index (χ2n) is 6.92. The van der Waals surface area contributed by atoms with Crippen molar-refractivity contribution in [3.05, 3.63) is 17.5 Å². The molecular weight excluding hydrogens is 316 g/mol. The largest absolute Gasteiger partial charge is 0.378 e. The molecule has 2 heterocycles. The molecule has 0 spiro atoms. The Balaban J connectivity index is 0.00000264. The normalized spacial score (nSPS) is 16.3. The minimum atomic E-state index is -0.0324. The molecule has 1 fully saturated rings. The summed E-state index contributed by atoms with van der Waals surface area (Å²) in [5.74, 6) is 0.00663. The van der Waals surface area contributed by atoms with Gasteiger partial charge >= 0.3 is 0 Å². The minimum absolute atomic E-state index is 0. The predicted molar refractivity (Wildman–Crippen MR) is 93.1 cm³/mol. The number of carbonyl (C=O) groups excluding carboxylic acids is 1. The van der Waals surface area contributed by atoms with Crippen LogP contribution in [0, 0.1) is 0 Å². The van der Waals surface area contributed by atoms with Gasteiger partial charge in [-0.05, 0) is 31.9 Å². The van der Waals surface area contributed by atoms with Crippen LogP contribution in [0.1, 0.15) is 56.2 Å². The van der Waals surface area contributed by atoms with Crippen molar-refractivity contribution in [2.75, 3.05) is 26.2 Å². The first kappa shape index (κ1) is 19.9. The van der Waals surface area contributed by atoms with E-state index < -0.39 is 0 Å². The van der Waals surface area contributed by atoms with E-state index in [0.717, 1.165) is 38.0 Å². The number of carbonyl (C=O) groups is 1. The van der Waals surface area contributed by atoms with Gasteiger partial charge in [0.25, 0.3) is 5.91 Å². The molecule has 3 N–H and O–H groups in total. The lowest BCUT2D eigenvalue weighted by molar-refractivity contribution is 0.00829. The fraction of sp³-hybridized carbons (Fsp3) is 0.750. The van der Waals surface area contributed by atoms with Crippen molar-refractivity contribution in [3.63, 3.8) is 0 Å². The Morgan fingerprint density at radius 3 is 2.61 bits per heavy atom. The highest BCUT2D eigenvalue weighted by Gasteiger charge is 2.26. The minimum Gasteiger partial charge on any atom is -0.378 e. The van der Waals surface area contributed by atoms with Crippen LogP contribution in [-0.2, 0) is 10.2 Å². The third-order valence-corrected chi connectivity index (χ3v) is 4.04. The molecule has 0 aromatic carbocycles. The van der Waals surface area contributed by atoms with Gasteiger partial charge in [-0.25, -0.2) is 0 Å². The highest BCUT2D eigenvalue weighted by atomic mass is 35.5. The molecule has 0 atom stereocenters. The Bertz CT molecular complexity index is 491. The van der Waals surface area contributed by atoms with E-state index in [0.29, 0.717) is 18.8 Å². The van der Waals surface area contributed by atoms with E-state index in [1.807, 2.05) is 11.0 Å². The average molecular weight is 345 g/mol. The van der Waals surface area contributed by atoms with Gasteiger partial charge in [0, 0.05) is 30.8 Å². The molecule has 0 radical (unpaired) electrons. The van der Waals surface area contributed by atoms with Crippen LogP contribution in [0.2, 0.25) is 0 Å². The number of nitrogens with one attached hydrogen (secondary N) is 1. The molecule has 1 aromatic heterocycles. The first-order chi connectivity index (χ1) is 10.4. The van der Waals surface area contributed by atoms with Crippen LogP contribution in [0.4, 0.5) is 0 Å².